The Hall–Kier alpha value is -1.85. The highest BCUT2D eigenvalue weighted by molar-refractivity contribution is 7.99. The first-order valence-corrected chi connectivity index (χ1v) is 9.32. The van der Waals surface area contributed by atoms with Crippen LogP contribution < -0.4 is 5.73 Å². The third-order valence-corrected chi connectivity index (χ3v) is 4.53. The Bertz CT molecular complexity index is 556. The van der Waals surface area contributed by atoms with Crippen molar-refractivity contribution in [3.63, 3.8) is 0 Å². The lowest BCUT2D eigenvalue weighted by molar-refractivity contribution is -0.237. The van der Waals surface area contributed by atoms with Crippen LogP contribution in [0.4, 0.5) is 0 Å². The highest BCUT2D eigenvalue weighted by Gasteiger charge is 2.52. The summed E-state index contributed by atoms with van der Waals surface area (Å²) in [6, 6.07) is 0. The molecule has 10 nitrogen and oxygen atoms in total. The second-order valence-corrected chi connectivity index (χ2v) is 6.93. The largest absolute Gasteiger partial charge is 0.463 e. The fourth-order valence-corrected chi connectivity index (χ4v) is 3.50. The predicted octanol–water partition coefficient (Wildman–Crippen LogP) is -0.239. The van der Waals surface area contributed by atoms with Gasteiger partial charge in [-0.15, -0.1) is 11.8 Å². The molecule has 0 radical (unpaired) electrons. The van der Waals surface area contributed by atoms with Crippen molar-refractivity contribution in [1.29, 1.82) is 0 Å². The van der Waals surface area contributed by atoms with E-state index in [1.54, 1.807) is 0 Å². The maximum Gasteiger partial charge on any atom is 0.303 e. The molecular formula is C16H25NO9S. The Morgan fingerprint density at radius 1 is 0.852 bits per heavy atom. The predicted molar refractivity (Wildman–Crippen MR) is 93.5 cm³/mol. The summed E-state index contributed by atoms with van der Waals surface area (Å²) in [5.41, 5.74) is 4.76. The van der Waals surface area contributed by atoms with Gasteiger partial charge in [-0.05, 0) is 0 Å². The molecule has 0 aromatic heterocycles. The van der Waals surface area contributed by atoms with Gasteiger partial charge in [0.25, 0.3) is 0 Å². The van der Waals surface area contributed by atoms with Crippen molar-refractivity contribution in [1.82, 2.24) is 0 Å². The minimum Gasteiger partial charge on any atom is -0.463 e. The molecule has 0 aromatic rings. The summed E-state index contributed by atoms with van der Waals surface area (Å²) in [4.78, 5) is 45.9. The first kappa shape index (κ1) is 23.2. The number of nitrogens with two attached hydrogens (primary N) is 1. The van der Waals surface area contributed by atoms with Crippen LogP contribution in [0.15, 0.2) is 0 Å². The zero-order chi connectivity index (χ0) is 20.6. The molecule has 154 valence electrons. The number of hydrogen-bond donors (Lipinski definition) is 1. The van der Waals surface area contributed by atoms with Gasteiger partial charge in [0, 0.05) is 40.0 Å². The quantitative estimate of drug-likeness (QED) is 0.421. The molecule has 0 saturated carbocycles. The van der Waals surface area contributed by atoms with Gasteiger partial charge in [-0.25, -0.2) is 0 Å². The standard InChI is InChI=1S/C16H25NO9S/c1-8(18)22-7-12-13(23-9(2)19)14(24-10(3)20)15(25-11(4)21)16(26-12)27-6-5-17/h12-16H,5-7,17H2,1-4H3/t12-,13-,14+,15+,16-/m1/s1. The third kappa shape index (κ3) is 7.73. The smallest absolute Gasteiger partial charge is 0.303 e. The average molecular weight is 407 g/mol. The summed E-state index contributed by atoms with van der Waals surface area (Å²) in [6.07, 6.45) is -4.24. The molecule has 0 aliphatic carbocycles. The van der Waals surface area contributed by atoms with Gasteiger partial charge in [-0.2, -0.15) is 0 Å². The molecule has 0 bridgehead atoms. The van der Waals surface area contributed by atoms with Gasteiger partial charge in [-0.3, -0.25) is 19.2 Å². The molecular weight excluding hydrogens is 382 g/mol. The Kier molecular flexibility index (Phi) is 9.53. The summed E-state index contributed by atoms with van der Waals surface area (Å²) in [5, 5.41) is 0. The summed E-state index contributed by atoms with van der Waals surface area (Å²) in [7, 11) is 0. The van der Waals surface area contributed by atoms with Crippen LogP contribution in [0.25, 0.3) is 0 Å². The molecule has 11 heteroatoms. The number of rotatable bonds is 8. The van der Waals surface area contributed by atoms with E-state index in [9.17, 15) is 19.2 Å². The molecule has 1 fully saturated rings. The van der Waals surface area contributed by atoms with Crippen LogP contribution in [0.5, 0.6) is 0 Å². The van der Waals surface area contributed by atoms with Crippen molar-refractivity contribution in [2.24, 2.45) is 5.73 Å². The van der Waals surface area contributed by atoms with Gasteiger partial charge in [0.15, 0.2) is 18.3 Å². The van der Waals surface area contributed by atoms with E-state index in [0.717, 1.165) is 0 Å². The van der Waals surface area contributed by atoms with Crippen LogP contribution in [0.2, 0.25) is 0 Å². The van der Waals surface area contributed by atoms with Gasteiger partial charge in [-0.1, -0.05) is 0 Å². The number of carbonyl (C=O) groups is 4. The van der Waals surface area contributed by atoms with Crippen LogP contribution in [-0.4, -0.2) is 72.6 Å². The highest BCUT2D eigenvalue weighted by Crippen LogP contribution is 2.34. The molecule has 1 saturated heterocycles. The van der Waals surface area contributed by atoms with Crippen LogP contribution in [0.3, 0.4) is 0 Å². The molecule has 0 amide bonds. The van der Waals surface area contributed by atoms with Crippen molar-refractivity contribution in [2.45, 2.75) is 57.5 Å². The highest BCUT2D eigenvalue weighted by atomic mass is 32.2. The van der Waals surface area contributed by atoms with Crippen molar-refractivity contribution in [3.05, 3.63) is 0 Å². The molecule has 1 aliphatic heterocycles. The average Bonchev–Trinajstić information content (AvgIpc) is 2.54. The first-order chi connectivity index (χ1) is 12.6. The van der Waals surface area contributed by atoms with E-state index in [0.29, 0.717) is 12.3 Å². The topological polar surface area (TPSA) is 140 Å². The normalized spacial score (nSPS) is 27.4. The number of esters is 4. The third-order valence-electron chi connectivity index (χ3n) is 3.35. The van der Waals surface area contributed by atoms with Crippen LogP contribution in [0.1, 0.15) is 27.7 Å². The lowest BCUT2D eigenvalue weighted by Gasteiger charge is -2.44. The molecule has 27 heavy (non-hydrogen) atoms. The molecule has 2 N–H and O–H groups in total. The van der Waals surface area contributed by atoms with E-state index >= 15 is 0 Å². The fraction of sp³-hybridized carbons (Fsp3) is 0.750. The Balaban J connectivity index is 3.22. The Morgan fingerprint density at radius 2 is 1.37 bits per heavy atom. The Labute approximate surface area is 161 Å². The maximum atomic E-state index is 11.6. The zero-order valence-corrected chi connectivity index (χ0v) is 16.5. The molecule has 0 spiro atoms. The van der Waals surface area contributed by atoms with E-state index in [2.05, 4.69) is 0 Å². The zero-order valence-electron chi connectivity index (χ0n) is 15.7. The van der Waals surface area contributed by atoms with E-state index in [-0.39, 0.29) is 6.61 Å². The molecule has 0 aromatic carbocycles. The number of ether oxygens (including phenoxy) is 5. The van der Waals surface area contributed by atoms with Gasteiger partial charge < -0.3 is 29.4 Å². The van der Waals surface area contributed by atoms with Crippen molar-refractivity contribution in [3.8, 4) is 0 Å². The summed E-state index contributed by atoms with van der Waals surface area (Å²) in [6.45, 7) is 4.85. The van der Waals surface area contributed by atoms with E-state index in [4.69, 9.17) is 29.4 Å². The number of thioether (sulfide) groups is 1. The van der Waals surface area contributed by atoms with Crippen LogP contribution >= 0.6 is 11.8 Å². The van der Waals surface area contributed by atoms with Crippen molar-refractivity contribution >= 4 is 35.6 Å². The maximum absolute atomic E-state index is 11.6. The fourth-order valence-electron chi connectivity index (χ4n) is 2.51. The summed E-state index contributed by atoms with van der Waals surface area (Å²) >= 11 is 1.24. The molecule has 1 heterocycles. The van der Waals surface area contributed by atoms with Gasteiger partial charge in [0.1, 0.15) is 18.1 Å². The van der Waals surface area contributed by atoms with Crippen LogP contribution in [0, 0.1) is 0 Å². The minimum absolute atomic E-state index is 0.239. The summed E-state index contributed by atoms with van der Waals surface area (Å²) < 4.78 is 26.7. The van der Waals surface area contributed by atoms with E-state index in [1.807, 2.05) is 0 Å². The molecule has 5 atom stereocenters. The number of carbonyl (C=O) groups excluding carboxylic acids is 4. The molecule has 0 unspecified atom stereocenters. The number of hydrogen-bond acceptors (Lipinski definition) is 11. The van der Waals surface area contributed by atoms with E-state index < -0.39 is 53.7 Å². The lowest BCUT2D eigenvalue weighted by atomic mass is 9.99. The van der Waals surface area contributed by atoms with E-state index in [1.165, 1.54) is 39.5 Å². The van der Waals surface area contributed by atoms with Gasteiger partial charge in [0.05, 0.1) is 0 Å². The second kappa shape index (κ2) is 11.1. The minimum atomic E-state index is -1.14. The molecule has 1 aliphatic rings. The van der Waals surface area contributed by atoms with Crippen LogP contribution in [-0.2, 0) is 42.9 Å². The SMILES string of the molecule is CC(=O)OC[C@H]1O[C@H](SCCN)[C@@H](OC(C)=O)[C@@H](OC(C)=O)[C@@H]1OC(C)=O. The van der Waals surface area contributed by atoms with Crippen molar-refractivity contribution in [2.75, 3.05) is 18.9 Å². The van der Waals surface area contributed by atoms with Gasteiger partial charge in [0.2, 0.25) is 0 Å². The second-order valence-electron chi connectivity index (χ2n) is 5.73. The first-order valence-electron chi connectivity index (χ1n) is 8.27. The van der Waals surface area contributed by atoms with Crippen molar-refractivity contribution < 1.29 is 42.9 Å². The molecule has 1 rings (SSSR count). The monoisotopic (exact) mass is 407 g/mol. The lowest BCUT2D eigenvalue weighted by Crippen LogP contribution is -2.61. The summed E-state index contributed by atoms with van der Waals surface area (Å²) in [5.74, 6) is -2.04. The Morgan fingerprint density at radius 3 is 1.85 bits per heavy atom. The van der Waals surface area contributed by atoms with Gasteiger partial charge >= 0.3 is 23.9 Å².